The van der Waals surface area contributed by atoms with Gasteiger partial charge in [-0.25, -0.2) is 0 Å². The number of benzene rings is 2. The van der Waals surface area contributed by atoms with Gasteiger partial charge < -0.3 is 21.1 Å². The summed E-state index contributed by atoms with van der Waals surface area (Å²) in [7, 11) is 1.54. The van der Waals surface area contributed by atoms with E-state index in [0.717, 1.165) is 18.4 Å². The molecule has 0 spiro atoms. The summed E-state index contributed by atoms with van der Waals surface area (Å²) in [6.45, 7) is 0.422. The lowest BCUT2D eigenvalue weighted by Gasteiger charge is -2.13. The van der Waals surface area contributed by atoms with E-state index < -0.39 is 0 Å². The maximum absolute atomic E-state index is 12.5. The number of amides is 2. The fourth-order valence-electron chi connectivity index (χ4n) is 2.42. The zero-order valence-corrected chi connectivity index (χ0v) is 14.0. The predicted molar refractivity (Wildman–Crippen MR) is 95.8 cm³/mol. The van der Waals surface area contributed by atoms with E-state index in [9.17, 15) is 9.59 Å². The van der Waals surface area contributed by atoms with Crippen LogP contribution < -0.4 is 21.1 Å². The quantitative estimate of drug-likeness (QED) is 0.753. The van der Waals surface area contributed by atoms with Crippen molar-refractivity contribution in [3.63, 3.8) is 0 Å². The molecule has 2 aromatic rings. The van der Waals surface area contributed by atoms with Gasteiger partial charge in [0.2, 0.25) is 0 Å². The average Bonchev–Trinajstić information content (AvgIpc) is 3.46. The lowest BCUT2D eigenvalue weighted by molar-refractivity contribution is 0.0951. The van der Waals surface area contributed by atoms with E-state index in [2.05, 4.69) is 10.6 Å². The highest BCUT2D eigenvalue weighted by atomic mass is 16.5. The topological polar surface area (TPSA) is 93.4 Å². The van der Waals surface area contributed by atoms with E-state index in [4.69, 9.17) is 10.5 Å². The third-order valence-corrected chi connectivity index (χ3v) is 4.08. The van der Waals surface area contributed by atoms with Gasteiger partial charge in [0, 0.05) is 18.2 Å². The Labute approximate surface area is 146 Å². The molecule has 2 aromatic carbocycles. The van der Waals surface area contributed by atoms with Crippen molar-refractivity contribution in [2.24, 2.45) is 5.73 Å². The van der Waals surface area contributed by atoms with Gasteiger partial charge in [0.25, 0.3) is 11.8 Å². The van der Waals surface area contributed by atoms with E-state index in [0.29, 0.717) is 29.1 Å². The number of ether oxygens (including phenoxy) is 1. The number of hydrogen-bond donors (Lipinski definition) is 3. The van der Waals surface area contributed by atoms with Crippen molar-refractivity contribution in [3.8, 4) is 5.75 Å². The summed E-state index contributed by atoms with van der Waals surface area (Å²) in [6.07, 6.45) is 1.98. The summed E-state index contributed by atoms with van der Waals surface area (Å²) < 4.78 is 5.19. The molecule has 0 atom stereocenters. The monoisotopic (exact) mass is 339 g/mol. The van der Waals surface area contributed by atoms with Crippen molar-refractivity contribution >= 4 is 17.5 Å². The highest BCUT2D eigenvalue weighted by Gasteiger charge is 2.25. The first-order chi connectivity index (χ1) is 12.1. The largest absolute Gasteiger partial charge is 0.497 e. The molecule has 1 fully saturated rings. The molecule has 1 aliphatic rings. The maximum atomic E-state index is 12.5. The van der Waals surface area contributed by atoms with Crippen LogP contribution in [0.2, 0.25) is 0 Å². The second-order valence-corrected chi connectivity index (χ2v) is 6.01. The number of nitrogens with two attached hydrogens (primary N) is 1. The summed E-state index contributed by atoms with van der Waals surface area (Å²) in [5.41, 5.74) is 7.86. The molecule has 0 saturated heterocycles. The molecule has 3 rings (SSSR count). The number of anilines is 1. The number of nitrogens with one attached hydrogen (secondary N) is 2. The lowest BCUT2D eigenvalue weighted by atomic mass is 10.1. The van der Waals surface area contributed by atoms with Crippen molar-refractivity contribution in [2.75, 3.05) is 12.4 Å². The van der Waals surface area contributed by atoms with Crippen molar-refractivity contribution in [1.82, 2.24) is 5.32 Å². The molecule has 0 aromatic heterocycles. The molecular weight excluding hydrogens is 318 g/mol. The zero-order chi connectivity index (χ0) is 17.8. The third kappa shape index (κ3) is 4.16. The number of carbonyl (C=O) groups is 2. The predicted octanol–water partition coefficient (Wildman–Crippen LogP) is 2.30. The van der Waals surface area contributed by atoms with Gasteiger partial charge in [-0.15, -0.1) is 0 Å². The normalized spacial score (nSPS) is 13.2. The molecule has 6 heteroatoms. The molecule has 6 nitrogen and oxygen atoms in total. The number of methoxy groups -OCH3 is 1. The smallest absolute Gasteiger partial charge is 0.255 e. The van der Waals surface area contributed by atoms with Crippen LogP contribution in [0.3, 0.4) is 0 Å². The molecule has 25 heavy (non-hydrogen) atoms. The SMILES string of the molecule is COc1ccc(NC(=O)c2ccc(CN)cc2)c(C(=O)NC2CC2)c1. The van der Waals surface area contributed by atoms with Crippen molar-refractivity contribution in [2.45, 2.75) is 25.4 Å². The molecule has 0 radical (unpaired) electrons. The summed E-state index contributed by atoms with van der Waals surface area (Å²) in [4.78, 5) is 24.9. The second kappa shape index (κ2) is 7.36. The van der Waals surface area contributed by atoms with Gasteiger partial charge in [-0.2, -0.15) is 0 Å². The fourth-order valence-corrected chi connectivity index (χ4v) is 2.42. The van der Waals surface area contributed by atoms with Crippen LogP contribution in [0.5, 0.6) is 5.75 Å². The molecule has 0 bridgehead atoms. The zero-order valence-electron chi connectivity index (χ0n) is 14.0. The van der Waals surface area contributed by atoms with Crippen LogP contribution in [0, 0.1) is 0 Å². The molecule has 0 aliphatic heterocycles. The van der Waals surface area contributed by atoms with Gasteiger partial charge in [-0.1, -0.05) is 12.1 Å². The number of carbonyl (C=O) groups excluding carboxylic acids is 2. The van der Waals surface area contributed by atoms with Crippen LogP contribution in [0.25, 0.3) is 0 Å². The van der Waals surface area contributed by atoms with Crippen LogP contribution >= 0.6 is 0 Å². The Morgan fingerprint density at radius 1 is 1.12 bits per heavy atom. The maximum Gasteiger partial charge on any atom is 0.255 e. The molecular formula is C19H21N3O3. The van der Waals surface area contributed by atoms with Crippen molar-refractivity contribution < 1.29 is 14.3 Å². The molecule has 0 heterocycles. The van der Waals surface area contributed by atoms with Crippen molar-refractivity contribution in [1.29, 1.82) is 0 Å². The minimum atomic E-state index is -0.283. The van der Waals surface area contributed by atoms with Crippen LogP contribution in [-0.2, 0) is 6.54 Å². The Hall–Kier alpha value is -2.86. The Morgan fingerprint density at radius 2 is 1.84 bits per heavy atom. The fraction of sp³-hybridized carbons (Fsp3) is 0.263. The third-order valence-electron chi connectivity index (χ3n) is 4.08. The van der Waals surface area contributed by atoms with Gasteiger partial charge >= 0.3 is 0 Å². The van der Waals surface area contributed by atoms with Crippen LogP contribution in [-0.4, -0.2) is 25.0 Å². The first kappa shape index (κ1) is 17.0. The van der Waals surface area contributed by atoms with Gasteiger partial charge in [0.15, 0.2) is 0 Å². The molecule has 0 unspecified atom stereocenters. The van der Waals surface area contributed by atoms with Gasteiger partial charge in [-0.3, -0.25) is 9.59 Å². The summed E-state index contributed by atoms with van der Waals surface area (Å²) >= 11 is 0. The molecule has 1 aliphatic carbocycles. The Morgan fingerprint density at radius 3 is 2.44 bits per heavy atom. The Kier molecular flexibility index (Phi) is 5.00. The summed E-state index contributed by atoms with van der Waals surface area (Å²) in [5, 5.41) is 5.73. The van der Waals surface area contributed by atoms with Gasteiger partial charge in [-0.05, 0) is 48.7 Å². The van der Waals surface area contributed by atoms with Gasteiger partial charge in [0.1, 0.15) is 5.75 Å². The summed E-state index contributed by atoms with van der Waals surface area (Å²) in [6, 6.07) is 12.3. The Balaban J connectivity index is 1.81. The average molecular weight is 339 g/mol. The number of rotatable bonds is 6. The van der Waals surface area contributed by atoms with E-state index in [1.54, 1.807) is 30.3 Å². The first-order valence-electron chi connectivity index (χ1n) is 8.20. The summed E-state index contributed by atoms with van der Waals surface area (Å²) in [5.74, 6) is 0.0654. The molecule has 130 valence electrons. The highest BCUT2D eigenvalue weighted by Crippen LogP contribution is 2.25. The standard InChI is InChI=1S/C19H21N3O3/c1-25-15-8-9-17(16(10-15)19(24)21-14-6-7-14)22-18(23)13-4-2-12(11-20)3-5-13/h2-5,8-10,14H,6-7,11,20H2,1H3,(H,21,24)(H,22,23). The first-order valence-corrected chi connectivity index (χ1v) is 8.20. The van der Waals surface area contributed by atoms with Crippen LogP contribution in [0.15, 0.2) is 42.5 Å². The molecule has 2 amide bonds. The van der Waals surface area contributed by atoms with Gasteiger partial charge in [0.05, 0.1) is 18.4 Å². The van der Waals surface area contributed by atoms with E-state index in [1.165, 1.54) is 7.11 Å². The lowest BCUT2D eigenvalue weighted by Crippen LogP contribution is -2.27. The Bertz CT molecular complexity index is 783. The van der Waals surface area contributed by atoms with E-state index in [1.807, 2.05) is 12.1 Å². The minimum Gasteiger partial charge on any atom is -0.497 e. The highest BCUT2D eigenvalue weighted by molar-refractivity contribution is 6.09. The van der Waals surface area contributed by atoms with Crippen LogP contribution in [0.4, 0.5) is 5.69 Å². The van der Waals surface area contributed by atoms with Crippen molar-refractivity contribution in [3.05, 3.63) is 59.2 Å². The van der Waals surface area contributed by atoms with Crippen LogP contribution in [0.1, 0.15) is 39.1 Å². The number of hydrogen-bond acceptors (Lipinski definition) is 4. The second-order valence-electron chi connectivity index (χ2n) is 6.01. The van der Waals surface area contributed by atoms with E-state index >= 15 is 0 Å². The molecule has 4 N–H and O–H groups in total. The molecule has 1 saturated carbocycles. The minimum absolute atomic E-state index is 0.213. The van der Waals surface area contributed by atoms with E-state index in [-0.39, 0.29) is 17.9 Å².